The smallest absolute Gasteiger partial charge is 0.348 e. The van der Waals surface area contributed by atoms with Crippen molar-refractivity contribution in [3.63, 3.8) is 0 Å². The number of benzene rings is 1. The summed E-state index contributed by atoms with van der Waals surface area (Å²) in [6.45, 7) is 5.92. The molecular weight excluding hydrogens is 284 g/mol. The summed E-state index contributed by atoms with van der Waals surface area (Å²) in [5.41, 5.74) is 0.0330. The van der Waals surface area contributed by atoms with Gasteiger partial charge in [-0.15, -0.1) is 0 Å². The van der Waals surface area contributed by atoms with Crippen molar-refractivity contribution in [2.45, 2.75) is 26.3 Å². The molecule has 0 fully saturated rings. The maximum atomic E-state index is 11.8. The number of hydrogen-bond acceptors (Lipinski definition) is 4. The fourth-order valence-electron chi connectivity index (χ4n) is 1.42. The van der Waals surface area contributed by atoms with Gasteiger partial charge >= 0.3 is 5.63 Å². The lowest BCUT2D eigenvalue weighted by Gasteiger charge is -2.19. The molecule has 2 rings (SSSR count). The van der Waals surface area contributed by atoms with Crippen molar-refractivity contribution >= 4 is 32.8 Å². The molecule has 0 aliphatic rings. The van der Waals surface area contributed by atoms with Gasteiger partial charge in [0.05, 0.1) is 10.9 Å². The van der Waals surface area contributed by atoms with Gasteiger partial charge in [0.15, 0.2) is 0 Å². The highest BCUT2D eigenvalue weighted by Crippen LogP contribution is 2.18. The average molecular weight is 297 g/mol. The minimum absolute atomic E-state index is 0.202. The molecule has 90 valence electrons. The van der Waals surface area contributed by atoms with Crippen LogP contribution in [-0.2, 0) is 0 Å². The molecule has 2 aromatic rings. The Morgan fingerprint density at radius 2 is 2.06 bits per heavy atom. The highest BCUT2D eigenvalue weighted by molar-refractivity contribution is 9.10. The van der Waals surface area contributed by atoms with Crippen molar-refractivity contribution in [2.24, 2.45) is 0 Å². The van der Waals surface area contributed by atoms with Crippen molar-refractivity contribution in [1.29, 1.82) is 0 Å². The molecule has 0 radical (unpaired) electrons. The maximum Gasteiger partial charge on any atom is 0.348 e. The van der Waals surface area contributed by atoms with Crippen LogP contribution in [0.5, 0.6) is 0 Å². The van der Waals surface area contributed by atoms with Crippen LogP contribution in [0.1, 0.15) is 20.8 Å². The van der Waals surface area contributed by atoms with Crippen LogP contribution in [0.25, 0.3) is 10.9 Å². The second kappa shape index (κ2) is 4.14. The summed E-state index contributed by atoms with van der Waals surface area (Å²) >= 11 is 3.31. The lowest BCUT2D eigenvalue weighted by atomic mass is 10.1. The van der Waals surface area contributed by atoms with Gasteiger partial charge in [-0.3, -0.25) is 0 Å². The van der Waals surface area contributed by atoms with Crippen molar-refractivity contribution < 1.29 is 4.42 Å². The molecule has 1 N–H and O–H groups in total. The maximum absolute atomic E-state index is 11.8. The highest BCUT2D eigenvalue weighted by Gasteiger charge is 2.13. The summed E-state index contributed by atoms with van der Waals surface area (Å²) in [4.78, 5) is 16.0. The van der Waals surface area contributed by atoms with Crippen LogP contribution in [0.2, 0.25) is 0 Å². The molecular formula is C12H13BrN2O2. The van der Waals surface area contributed by atoms with Crippen LogP contribution in [0, 0.1) is 0 Å². The van der Waals surface area contributed by atoms with Gasteiger partial charge < -0.3 is 9.73 Å². The van der Waals surface area contributed by atoms with E-state index in [4.69, 9.17) is 4.42 Å². The molecule has 0 atom stereocenters. The van der Waals surface area contributed by atoms with E-state index in [1.165, 1.54) is 0 Å². The van der Waals surface area contributed by atoms with E-state index in [-0.39, 0.29) is 17.2 Å². The van der Waals surface area contributed by atoms with Gasteiger partial charge in [0, 0.05) is 10.0 Å². The van der Waals surface area contributed by atoms with Gasteiger partial charge in [0.25, 0.3) is 6.01 Å². The molecule has 0 saturated carbocycles. The largest absolute Gasteiger partial charge is 0.389 e. The molecule has 1 heterocycles. The Balaban J connectivity index is 2.57. The zero-order valence-electron chi connectivity index (χ0n) is 9.87. The quantitative estimate of drug-likeness (QED) is 0.878. The number of hydrogen-bond donors (Lipinski definition) is 1. The van der Waals surface area contributed by atoms with Crippen LogP contribution in [0.15, 0.2) is 31.9 Å². The van der Waals surface area contributed by atoms with E-state index >= 15 is 0 Å². The first kappa shape index (κ1) is 12.1. The Kier molecular flexibility index (Phi) is 2.95. The van der Waals surface area contributed by atoms with Crippen molar-refractivity contribution in [3.8, 4) is 0 Å². The standard InChI is InChI=1S/C12H13BrN2O2/c1-12(2,3)15-11-14-9-5-4-7(13)6-8(9)10(16)17-11/h4-6H,1-3H3,(H,14,15). The topological polar surface area (TPSA) is 55.1 Å². The normalized spacial score (nSPS) is 11.8. The molecule has 0 spiro atoms. The Morgan fingerprint density at radius 3 is 2.71 bits per heavy atom. The SMILES string of the molecule is CC(C)(C)Nc1nc2ccc(Br)cc2c(=O)o1. The number of nitrogens with zero attached hydrogens (tertiary/aromatic N) is 1. The molecule has 0 saturated heterocycles. The number of nitrogens with one attached hydrogen (secondary N) is 1. The van der Waals surface area contributed by atoms with Crippen LogP contribution in [0.3, 0.4) is 0 Å². The van der Waals surface area contributed by atoms with E-state index in [0.717, 1.165) is 4.47 Å². The van der Waals surface area contributed by atoms with E-state index in [2.05, 4.69) is 26.2 Å². The molecule has 17 heavy (non-hydrogen) atoms. The third-order valence-corrected chi connectivity index (χ3v) is 2.57. The molecule has 1 aromatic heterocycles. The lowest BCUT2D eigenvalue weighted by molar-refractivity contribution is 0.490. The lowest BCUT2D eigenvalue weighted by Crippen LogP contribution is -2.27. The first-order valence-corrected chi connectivity index (χ1v) is 6.03. The van der Waals surface area contributed by atoms with Crippen LogP contribution in [0.4, 0.5) is 6.01 Å². The molecule has 0 aliphatic carbocycles. The van der Waals surface area contributed by atoms with Gasteiger partial charge in [0.1, 0.15) is 0 Å². The van der Waals surface area contributed by atoms with Gasteiger partial charge in [-0.1, -0.05) is 15.9 Å². The zero-order valence-corrected chi connectivity index (χ0v) is 11.5. The van der Waals surface area contributed by atoms with Crippen molar-refractivity contribution in [1.82, 2.24) is 4.98 Å². The summed E-state index contributed by atoms with van der Waals surface area (Å²) in [6, 6.07) is 5.58. The second-order valence-electron chi connectivity index (χ2n) is 4.84. The van der Waals surface area contributed by atoms with Gasteiger partial charge in [-0.25, -0.2) is 4.79 Å². The van der Waals surface area contributed by atoms with Gasteiger partial charge in [0.2, 0.25) is 0 Å². The first-order valence-electron chi connectivity index (χ1n) is 5.24. The monoisotopic (exact) mass is 296 g/mol. The Morgan fingerprint density at radius 1 is 1.35 bits per heavy atom. The number of fused-ring (bicyclic) bond motifs is 1. The fourth-order valence-corrected chi connectivity index (χ4v) is 1.78. The summed E-state index contributed by atoms with van der Waals surface area (Å²) in [5.74, 6) is 0. The van der Waals surface area contributed by atoms with Gasteiger partial charge in [-0.2, -0.15) is 4.98 Å². The average Bonchev–Trinajstić information content (AvgIpc) is 2.17. The summed E-state index contributed by atoms with van der Waals surface area (Å²) in [7, 11) is 0. The molecule has 0 amide bonds. The first-order chi connectivity index (χ1) is 7.85. The van der Waals surface area contributed by atoms with E-state index < -0.39 is 0 Å². The Bertz CT molecular complexity index is 614. The number of anilines is 1. The van der Waals surface area contributed by atoms with E-state index in [0.29, 0.717) is 10.9 Å². The number of aromatic nitrogens is 1. The van der Waals surface area contributed by atoms with E-state index in [1.54, 1.807) is 12.1 Å². The molecule has 0 bridgehead atoms. The third kappa shape index (κ3) is 2.85. The van der Waals surface area contributed by atoms with Crippen molar-refractivity contribution in [2.75, 3.05) is 5.32 Å². The van der Waals surface area contributed by atoms with Crippen LogP contribution < -0.4 is 10.9 Å². The molecule has 4 nitrogen and oxygen atoms in total. The second-order valence-corrected chi connectivity index (χ2v) is 5.76. The van der Waals surface area contributed by atoms with E-state index in [9.17, 15) is 4.79 Å². The number of halogens is 1. The fraction of sp³-hybridized carbons (Fsp3) is 0.333. The Hall–Kier alpha value is -1.36. The molecule has 0 unspecified atom stereocenters. The predicted molar refractivity (Wildman–Crippen MR) is 71.4 cm³/mol. The molecule has 5 heteroatoms. The van der Waals surface area contributed by atoms with E-state index in [1.807, 2.05) is 26.8 Å². The molecule has 0 aliphatic heterocycles. The van der Waals surface area contributed by atoms with Crippen molar-refractivity contribution in [3.05, 3.63) is 33.1 Å². The van der Waals surface area contributed by atoms with Crippen LogP contribution in [-0.4, -0.2) is 10.5 Å². The summed E-state index contributed by atoms with van der Waals surface area (Å²) in [6.07, 6.45) is 0. The van der Waals surface area contributed by atoms with Crippen LogP contribution >= 0.6 is 15.9 Å². The minimum atomic E-state index is -0.386. The third-order valence-electron chi connectivity index (χ3n) is 2.07. The zero-order chi connectivity index (χ0) is 12.6. The van der Waals surface area contributed by atoms with Gasteiger partial charge in [-0.05, 0) is 39.0 Å². The molecule has 1 aromatic carbocycles. The summed E-state index contributed by atoms with van der Waals surface area (Å²) < 4.78 is 5.95. The Labute approximate surface area is 107 Å². The minimum Gasteiger partial charge on any atom is -0.389 e. The highest BCUT2D eigenvalue weighted by atomic mass is 79.9. The predicted octanol–water partition coefficient (Wildman–Crippen LogP) is 3.16. The number of rotatable bonds is 1. The summed E-state index contributed by atoms with van der Waals surface area (Å²) in [5, 5.41) is 3.51.